The Hall–Kier alpha value is -1.53. The number of rotatable bonds is 7. The number of hydrogen-bond donors (Lipinski definition) is 3. The molecule has 0 saturated heterocycles. The lowest BCUT2D eigenvalue weighted by Crippen LogP contribution is -2.46. The Morgan fingerprint density at radius 3 is 2.43 bits per heavy atom. The van der Waals surface area contributed by atoms with Crippen molar-refractivity contribution in [1.29, 1.82) is 0 Å². The highest BCUT2D eigenvalue weighted by Gasteiger charge is 2.50. The quantitative estimate of drug-likeness (QED) is 0.320. The van der Waals surface area contributed by atoms with Gasteiger partial charge in [-0.15, -0.1) is 0 Å². The molecule has 0 fully saturated rings. The first-order chi connectivity index (χ1) is 12.6. The van der Waals surface area contributed by atoms with E-state index in [0.29, 0.717) is 12.8 Å². The van der Waals surface area contributed by atoms with Gasteiger partial charge in [0.05, 0.1) is 11.6 Å². The lowest BCUT2D eigenvalue weighted by molar-refractivity contribution is -0.0531. The summed E-state index contributed by atoms with van der Waals surface area (Å²) >= 11 is 0. The number of carbonyl (C=O) groups excluding carboxylic acids is 1. The number of alkyl halides is 3. The molecule has 0 radical (unpaired) electrons. The van der Waals surface area contributed by atoms with Gasteiger partial charge in [-0.05, 0) is 59.0 Å². The molecule has 0 bridgehead atoms. The second-order valence-electron chi connectivity index (χ2n) is 7.55. The molecule has 164 valence electrons. The number of carbonyl (C=O) groups is 1. The van der Waals surface area contributed by atoms with Crippen molar-refractivity contribution in [1.82, 2.24) is 5.32 Å². The lowest BCUT2D eigenvalue weighted by Gasteiger charge is -2.34. The van der Waals surface area contributed by atoms with Gasteiger partial charge in [0.2, 0.25) is 0 Å². The lowest BCUT2D eigenvalue weighted by atomic mass is 9.84. The highest BCUT2D eigenvalue weighted by molar-refractivity contribution is 7.87. The predicted octanol–water partition coefficient (Wildman–Crippen LogP) is 2.32. The second kappa shape index (κ2) is 8.87. The molecule has 0 aromatic carbocycles. The van der Waals surface area contributed by atoms with E-state index in [4.69, 9.17) is 9.84 Å². The highest BCUT2D eigenvalue weighted by Crippen LogP contribution is 2.35. The van der Waals surface area contributed by atoms with Crippen LogP contribution in [-0.4, -0.2) is 54.1 Å². The third-order valence-electron chi connectivity index (χ3n) is 3.82. The van der Waals surface area contributed by atoms with Gasteiger partial charge in [0.25, 0.3) is 0 Å². The molecular formula is C16H26F3NO7S. The van der Waals surface area contributed by atoms with E-state index in [1.54, 1.807) is 20.8 Å². The van der Waals surface area contributed by atoms with Crippen LogP contribution in [0.25, 0.3) is 0 Å². The molecule has 1 aliphatic rings. The molecule has 0 spiro atoms. The number of nitrogens with one attached hydrogen (secondary N) is 1. The van der Waals surface area contributed by atoms with E-state index >= 15 is 0 Å². The molecule has 0 aliphatic heterocycles. The summed E-state index contributed by atoms with van der Waals surface area (Å²) in [6, 6.07) is -1.23. The molecule has 8 nitrogen and oxygen atoms in total. The van der Waals surface area contributed by atoms with Crippen molar-refractivity contribution in [3.63, 3.8) is 0 Å². The van der Waals surface area contributed by atoms with E-state index in [2.05, 4.69) is 9.50 Å². The fraction of sp³-hybridized carbons (Fsp3) is 0.812. The summed E-state index contributed by atoms with van der Waals surface area (Å²) < 4.78 is 70.1. The number of hydrogen-bond acceptors (Lipinski definition) is 7. The first-order valence-electron chi connectivity index (χ1n) is 8.65. The zero-order chi connectivity index (χ0) is 21.8. The van der Waals surface area contributed by atoms with Crippen molar-refractivity contribution in [2.24, 2.45) is 0 Å². The van der Waals surface area contributed by atoms with Gasteiger partial charge in [-0.1, -0.05) is 0 Å². The van der Waals surface area contributed by atoms with E-state index in [1.807, 2.05) is 0 Å². The fourth-order valence-electron chi connectivity index (χ4n) is 2.56. The first kappa shape index (κ1) is 24.5. The molecule has 1 aliphatic carbocycles. The number of ether oxygens (including phenoxy) is 1. The van der Waals surface area contributed by atoms with Crippen LogP contribution in [-0.2, 0) is 19.0 Å². The Morgan fingerprint density at radius 1 is 1.32 bits per heavy atom. The monoisotopic (exact) mass is 433 g/mol. The molecule has 28 heavy (non-hydrogen) atoms. The molecular weight excluding hydrogens is 407 g/mol. The maximum atomic E-state index is 12.7. The van der Waals surface area contributed by atoms with Crippen LogP contribution in [0.5, 0.6) is 0 Å². The van der Waals surface area contributed by atoms with Gasteiger partial charge in [0, 0.05) is 6.61 Å². The van der Waals surface area contributed by atoms with Crippen molar-refractivity contribution >= 4 is 16.2 Å². The number of unbranched alkanes of at least 4 members (excludes halogenated alkanes) is 1. The first-order valence-corrected chi connectivity index (χ1v) is 10.1. The fourth-order valence-corrected chi connectivity index (χ4v) is 3.08. The van der Waals surface area contributed by atoms with E-state index in [1.165, 1.54) is 0 Å². The van der Waals surface area contributed by atoms with E-state index in [0.717, 1.165) is 6.08 Å². The molecule has 0 heterocycles. The van der Waals surface area contributed by atoms with Crippen LogP contribution in [0.2, 0.25) is 0 Å². The Bertz CT molecular complexity index is 685. The molecule has 0 saturated carbocycles. The molecule has 1 amide bonds. The molecule has 1 rings (SSSR count). The van der Waals surface area contributed by atoms with Crippen molar-refractivity contribution in [2.45, 2.75) is 75.6 Å². The third-order valence-corrected chi connectivity index (χ3v) is 4.80. The summed E-state index contributed by atoms with van der Waals surface area (Å²) in [7, 11) is -5.99. The molecule has 2 atom stereocenters. The van der Waals surface area contributed by atoms with Gasteiger partial charge >= 0.3 is 21.7 Å². The van der Waals surface area contributed by atoms with Gasteiger partial charge in [-0.2, -0.15) is 21.6 Å². The van der Waals surface area contributed by atoms with Gasteiger partial charge in [-0.25, -0.2) is 4.79 Å². The summed E-state index contributed by atoms with van der Waals surface area (Å²) in [5, 5.41) is 21.6. The SMILES string of the molecule is CC(C)(C)OC(=O)N[C@@H]1CC[C@@](O)(CCCCO)C=C1OS(=O)(=O)C(F)(F)F. The van der Waals surface area contributed by atoms with Crippen LogP contribution >= 0.6 is 0 Å². The second-order valence-corrected chi connectivity index (χ2v) is 9.09. The van der Waals surface area contributed by atoms with Crippen LogP contribution in [0.15, 0.2) is 11.8 Å². The topological polar surface area (TPSA) is 122 Å². The summed E-state index contributed by atoms with van der Waals surface area (Å²) in [5.41, 5.74) is -8.18. The average Bonchev–Trinajstić information content (AvgIpc) is 2.47. The Morgan fingerprint density at radius 2 is 1.93 bits per heavy atom. The zero-order valence-electron chi connectivity index (χ0n) is 15.9. The third kappa shape index (κ3) is 7.47. The summed E-state index contributed by atoms with van der Waals surface area (Å²) in [5.74, 6) is -0.735. The number of halogens is 3. The largest absolute Gasteiger partial charge is 0.534 e. The molecule has 3 N–H and O–H groups in total. The zero-order valence-corrected chi connectivity index (χ0v) is 16.7. The molecule has 0 aromatic rings. The Labute approximate surface area is 161 Å². The van der Waals surface area contributed by atoms with E-state index in [-0.39, 0.29) is 25.9 Å². The maximum absolute atomic E-state index is 12.7. The minimum Gasteiger partial charge on any atom is -0.444 e. The van der Waals surface area contributed by atoms with Crippen LogP contribution in [0.4, 0.5) is 18.0 Å². The summed E-state index contributed by atoms with van der Waals surface area (Å²) in [6.07, 6.45) is 0.651. The number of alkyl carbamates (subject to hydrolysis) is 1. The van der Waals surface area contributed by atoms with Crippen LogP contribution in [0.3, 0.4) is 0 Å². The van der Waals surface area contributed by atoms with Gasteiger partial charge in [0.1, 0.15) is 11.4 Å². The minimum atomic E-state index is -5.99. The standard InChI is InChI=1S/C16H26F3NO7S/c1-14(2,3)26-13(22)20-11-6-8-15(23,7-4-5-9-21)10-12(11)27-28(24,25)16(17,18)19/h10-11,21,23H,4-9H2,1-3H3,(H,20,22)/t11-,15+/m1/s1. The number of aliphatic hydroxyl groups is 2. The molecule has 0 unspecified atom stereocenters. The maximum Gasteiger partial charge on any atom is 0.534 e. The number of amides is 1. The van der Waals surface area contributed by atoms with Crippen molar-refractivity contribution in [2.75, 3.05) is 6.61 Å². The van der Waals surface area contributed by atoms with Gasteiger partial charge in [-0.3, -0.25) is 0 Å². The Kier molecular flexibility index (Phi) is 7.76. The van der Waals surface area contributed by atoms with E-state index < -0.39 is 44.7 Å². The van der Waals surface area contributed by atoms with Gasteiger partial charge < -0.3 is 24.4 Å². The minimum absolute atomic E-state index is 0.0395. The van der Waals surface area contributed by atoms with Crippen molar-refractivity contribution in [3.05, 3.63) is 11.8 Å². The molecule has 0 aromatic heterocycles. The van der Waals surface area contributed by atoms with Crippen LogP contribution in [0, 0.1) is 0 Å². The van der Waals surface area contributed by atoms with E-state index in [9.17, 15) is 31.5 Å². The molecule has 12 heteroatoms. The predicted molar refractivity (Wildman–Crippen MR) is 92.4 cm³/mol. The Balaban J connectivity index is 3.10. The van der Waals surface area contributed by atoms with Crippen LogP contribution in [0.1, 0.15) is 52.9 Å². The normalized spacial score (nSPS) is 23.7. The van der Waals surface area contributed by atoms with Crippen molar-refractivity contribution in [3.8, 4) is 0 Å². The van der Waals surface area contributed by atoms with Gasteiger partial charge in [0.15, 0.2) is 0 Å². The smallest absolute Gasteiger partial charge is 0.444 e. The number of aliphatic hydroxyl groups excluding tert-OH is 1. The summed E-state index contributed by atoms with van der Waals surface area (Å²) in [6.45, 7) is 4.60. The summed E-state index contributed by atoms with van der Waals surface area (Å²) in [4.78, 5) is 11.9. The average molecular weight is 433 g/mol. The highest BCUT2D eigenvalue weighted by atomic mass is 32.2. The van der Waals surface area contributed by atoms with Crippen LogP contribution < -0.4 is 5.32 Å². The van der Waals surface area contributed by atoms with Crippen molar-refractivity contribution < 1.29 is 45.5 Å².